The van der Waals surface area contributed by atoms with Crippen LogP contribution in [-0.2, 0) is 0 Å². The van der Waals surface area contributed by atoms with Gasteiger partial charge in [-0.1, -0.05) is 13.0 Å². The van der Waals surface area contributed by atoms with Crippen molar-refractivity contribution in [2.24, 2.45) is 0 Å². The van der Waals surface area contributed by atoms with Crippen molar-refractivity contribution in [1.82, 2.24) is 10.2 Å². The first-order valence-corrected chi connectivity index (χ1v) is 5.23. The Morgan fingerprint density at radius 1 is 1.54 bits per heavy atom. The average Bonchev–Trinajstić information content (AvgIpc) is 2.12. The zero-order chi connectivity index (χ0) is 10.1. The van der Waals surface area contributed by atoms with Crippen LogP contribution < -0.4 is 5.32 Å². The molecule has 0 fully saturated rings. The molecule has 78 valence electrons. The van der Waals surface area contributed by atoms with Crippen molar-refractivity contribution in [2.45, 2.75) is 32.7 Å². The Balaban J connectivity index is 3.29. The number of hydrogen-bond acceptors (Lipinski definition) is 2. The molecule has 2 heteroatoms. The Bertz CT molecular complexity index is 123. The van der Waals surface area contributed by atoms with E-state index >= 15 is 0 Å². The van der Waals surface area contributed by atoms with E-state index in [0.717, 1.165) is 26.1 Å². The zero-order valence-corrected chi connectivity index (χ0v) is 9.34. The SMILES string of the molecule is C=CCCCNC(C)CN(C)CC. The maximum atomic E-state index is 3.70. The van der Waals surface area contributed by atoms with Crippen LogP contribution in [0.1, 0.15) is 26.7 Å². The summed E-state index contributed by atoms with van der Waals surface area (Å²) in [5.41, 5.74) is 0. The number of hydrogen-bond donors (Lipinski definition) is 1. The fourth-order valence-corrected chi connectivity index (χ4v) is 1.26. The minimum atomic E-state index is 0.592. The largest absolute Gasteiger partial charge is 0.313 e. The predicted octanol–water partition coefficient (Wildman–Crippen LogP) is 1.88. The normalized spacial score (nSPS) is 13.2. The third-order valence-electron chi connectivity index (χ3n) is 2.20. The van der Waals surface area contributed by atoms with Gasteiger partial charge in [0.15, 0.2) is 0 Å². The van der Waals surface area contributed by atoms with Gasteiger partial charge in [-0.05, 0) is 39.9 Å². The van der Waals surface area contributed by atoms with Gasteiger partial charge in [-0.25, -0.2) is 0 Å². The fourth-order valence-electron chi connectivity index (χ4n) is 1.26. The van der Waals surface area contributed by atoms with Crippen molar-refractivity contribution >= 4 is 0 Å². The van der Waals surface area contributed by atoms with Crippen LogP contribution >= 0.6 is 0 Å². The molecular weight excluding hydrogens is 160 g/mol. The van der Waals surface area contributed by atoms with Crippen molar-refractivity contribution in [3.05, 3.63) is 12.7 Å². The van der Waals surface area contributed by atoms with Crippen LogP contribution in [0.2, 0.25) is 0 Å². The summed E-state index contributed by atoms with van der Waals surface area (Å²) in [7, 11) is 2.15. The lowest BCUT2D eigenvalue weighted by atomic mass is 10.2. The lowest BCUT2D eigenvalue weighted by Crippen LogP contribution is -2.37. The molecule has 0 saturated carbocycles. The topological polar surface area (TPSA) is 15.3 Å². The van der Waals surface area contributed by atoms with E-state index in [1.54, 1.807) is 0 Å². The second-order valence-electron chi connectivity index (χ2n) is 3.64. The van der Waals surface area contributed by atoms with E-state index in [1.807, 2.05) is 6.08 Å². The maximum absolute atomic E-state index is 3.70. The highest BCUT2D eigenvalue weighted by molar-refractivity contribution is 4.69. The maximum Gasteiger partial charge on any atom is 0.0166 e. The van der Waals surface area contributed by atoms with Crippen LogP contribution in [0.3, 0.4) is 0 Å². The highest BCUT2D eigenvalue weighted by Gasteiger charge is 2.02. The second-order valence-corrected chi connectivity index (χ2v) is 3.64. The average molecular weight is 184 g/mol. The van der Waals surface area contributed by atoms with Gasteiger partial charge in [0.05, 0.1) is 0 Å². The van der Waals surface area contributed by atoms with Gasteiger partial charge in [0, 0.05) is 12.6 Å². The Morgan fingerprint density at radius 2 is 2.23 bits per heavy atom. The number of nitrogens with zero attached hydrogens (tertiary/aromatic N) is 1. The van der Waals surface area contributed by atoms with Crippen LogP contribution in [0, 0.1) is 0 Å². The van der Waals surface area contributed by atoms with Crippen LogP contribution in [0.5, 0.6) is 0 Å². The minimum absolute atomic E-state index is 0.592. The monoisotopic (exact) mass is 184 g/mol. The van der Waals surface area contributed by atoms with Crippen molar-refractivity contribution in [2.75, 3.05) is 26.7 Å². The first kappa shape index (κ1) is 12.7. The molecular formula is C11H24N2. The third kappa shape index (κ3) is 8.00. The Morgan fingerprint density at radius 3 is 2.77 bits per heavy atom. The van der Waals surface area contributed by atoms with Crippen LogP contribution in [0.4, 0.5) is 0 Å². The van der Waals surface area contributed by atoms with E-state index in [1.165, 1.54) is 6.42 Å². The summed E-state index contributed by atoms with van der Waals surface area (Å²) in [6, 6.07) is 0.592. The zero-order valence-electron chi connectivity index (χ0n) is 9.34. The van der Waals surface area contributed by atoms with Gasteiger partial charge in [-0.15, -0.1) is 6.58 Å². The number of nitrogens with one attached hydrogen (secondary N) is 1. The molecule has 0 saturated heterocycles. The van der Waals surface area contributed by atoms with E-state index < -0.39 is 0 Å². The molecule has 0 aliphatic heterocycles. The number of rotatable bonds is 8. The van der Waals surface area contributed by atoms with Crippen LogP contribution in [0.15, 0.2) is 12.7 Å². The van der Waals surface area contributed by atoms with Crippen molar-refractivity contribution < 1.29 is 0 Å². The van der Waals surface area contributed by atoms with Crippen LogP contribution in [0.25, 0.3) is 0 Å². The lowest BCUT2D eigenvalue weighted by Gasteiger charge is -2.20. The van der Waals surface area contributed by atoms with E-state index in [4.69, 9.17) is 0 Å². The van der Waals surface area contributed by atoms with Gasteiger partial charge in [0.1, 0.15) is 0 Å². The molecule has 13 heavy (non-hydrogen) atoms. The number of allylic oxidation sites excluding steroid dienone is 1. The summed E-state index contributed by atoms with van der Waals surface area (Å²) in [5, 5.41) is 3.49. The molecule has 0 bridgehead atoms. The van der Waals surface area contributed by atoms with Crippen molar-refractivity contribution in [3.63, 3.8) is 0 Å². The summed E-state index contributed by atoms with van der Waals surface area (Å²) in [6.45, 7) is 11.5. The van der Waals surface area contributed by atoms with Gasteiger partial charge in [-0.3, -0.25) is 0 Å². The smallest absolute Gasteiger partial charge is 0.0166 e. The molecule has 0 rings (SSSR count). The van der Waals surface area contributed by atoms with E-state index in [2.05, 4.69) is 37.7 Å². The minimum Gasteiger partial charge on any atom is -0.313 e. The molecule has 2 nitrogen and oxygen atoms in total. The Hall–Kier alpha value is -0.340. The first-order valence-electron chi connectivity index (χ1n) is 5.23. The van der Waals surface area contributed by atoms with Crippen LogP contribution in [-0.4, -0.2) is 37.6 Å². The summed E-state index contributed by atoms with van der Waals surface area (Å²) < 4.78 is 0. The molecule has 0 aromatic rings. The van der Waals surface area contributed by atoms with Crippen molar-refractivity contribution in [1.29, 1.82) is 0 Å². The van der Waals surface area contributed by atoms with Gasteiger partial charge >= 0.3 is 0 Å². The molecule has 0 heterocycles. The van der Waals surface area contributed by atoms with E-state index in [-0.39, 0.29) is 0 Å². The fraction of sp³-hybridized carbons (Fsp3) is 0.818. The lowest BCUT2D eigenvalue weighted by molar-refractivity contribution is 0.310. The van der Waals surface area contributed by atoms with Gasteiger partial charge < -0.3 is 10.2 Å². The number of unbranched alkanes of at least 4 members (excludes halogenated alkanes) is 1. The summed E-state index contributed by atoms with van der Waals surface area (Å²) in [6.07, 6.45) is 4.29. The summed E-state index contributed by atoms with van der Waals surface area (Å²) in [4.78, 5) is 2.32. The Kier molecular flexibility index (Phi) is 8.05. The van der Waals surface area contributed by atoms with Crippen molar-refractivity contribution in [3.8, 4) is 0 Å². The van der Waals surface area contributed by atoms with Gasteiger partial charge in [0.25, 0.3) is 0 Å². The molecule has 0 aliphatic carbocycles. The highest BCUT2D eigenvalue weighted by Crippen LogP contribution is 1.91. The molecule has 0 aromatic carbocycles. The number of likely N-dealkylation sites (N-methyl/N-ethyl adjacent to an activating group) is 1. The molecule has 0 amide bonds. The Labute approximate surface area is 83.0 Å². The van der Waals surface area contributed by atoms with E-state index in [0.29, 0.717) is 6.04 Å². The summed E-state index contributed by atoms with van der Waals surface area (Å²) in [5.74, 6) is 0. The van der Waals surface area contributed by atoms with Gasteiger partial charge in [-0.2, -0.15) is 0 Å². The molecule has 1 atom stereocenters. The first-order chi connectivity index (χ1) is 6.20. The quantitative estimate of drug-likeness (QED) is 0.458. The molecule has 1 N–H and O–H groups in total. The molecule has 1 unspecified atom stereocenters. The standard InChI is InChI=1S/C11H24N2/c1-5-7-8-9-12-11(3)10-13(4)6-2/h5,11-12H,1,6-10H2,2-4H3. The highest BCUT2D eigenvalue weighted by atomic mass is 15.1. The molecule has 0 aromatic heterocycles. The summed E-state index contributed by atoms with van der Waals surface area (Å²) >= 11 is 0. The molecule has 0 aliphatic rings. The molecule has 0 radical (unpaired) electrons. The third-order valence-corrected chi connectivity index (χ3v) is 2.20. The van der Waals surface area contributed by atoms with Gasteiger partial charge in [0.2, 0.25) is 0 Å². The van der Waals surface area contributed by atoms with E-state index in [9.17, 15) is 0 Å². The predicted molar refractivity (Wildman–Crippen MR) is 60.1 cm³/mol. The second kappa shape index (κ2) is 8.27. The molecule has 0 spiro atoms.